The van der Waals surface area contributed by atoms with Gasteiger partial charge in [-0.15, -0.1) is 0 Å². The summed E-state index contributed by atoms with van der Waals surface area (Å²) in [6.45, 7) is 5.74. The Kier molecular flexibility index (Phi) is 7.04. The van der Waals surface area contributed by atoms with Gasteiger partial charge in [-0.25, -0.2) is 0 Å². The maximum absolute atomic E-state index is 5.24. The highest BCUT2D eigenvalue weighted by molar-refractivity contribution is 5.27. The third-order valence-electron chi connectivity index (χ3n) is 5.22. The first-order chi connectivity index (χ1) is 12.7. The Balaban J connectivity index is 1.43. The molecule has 0 saturated carbocycles. The van der Waals surface area contributed by atoms with Crippen molar-refractivity contribution in [3.8, 4) is 5.75 Å². The highest BCUT2D eigenvalue weighted by atomic mass is 16.5. The number of ether oxygens (including phenoxy) is 1. The minimum atomic E-state index is 0.765. The fourth-order valence-corrected chi connectivity index (χ4v) is 3.89. The lowest BCUT2D eigenvalue weighted by atomic mass is 9.97. The van der Waals surface area contributed by atoms with Crippen LogP contribution in [0.1, 0.15) is 24.0 Å². The molecule has 140 valence electrons. The number of pyridine rings is 1. The van der Waals surface area contributed by atoms with Gasteiger partial charge in [0, 0.05) is 38.6 Å². The van der Waals surface area contributed by atoms with Gasteiger partial charge in [-0.3, -0.25) is 4.98 Å². The van der Waals surface area contributed by atoms with Crippen LogP contribution in [0.5, 0.6) is 5.75 Å². The average molecular weight is 354 g/mol. The molecule has 1 aromatic heterocycles. The van der Waals surface area contributed by atoms with Crippen molar-refractivity contribution < 1.29 is 4.74 Å². The topological polar surface area (TPSA) is 28.6 Å². The van der Waals surface area contributed by atoms with Crippen molar-refractivity contribution in [1.29, 1.82) is 0 Å². The van der Waals surface area contributed by atoms with Crippen molar-refractivity contribution in [2.24, 2.45) is 5.92 Å². The Morgan fingerprint density at radius 1 is 1.19 bits per heavy atom. The van der Waals surface area contributed by atoms with Gasteiger partial charge in [0.1, 0.15) is 5.75 Å². The molecule has 1 saturated heterocycles. The van der Waals surface area contributed by atoms with Gasteiger partial charge in [0.05, 0.1) is 7.11 Å². The molecule has 26 heavy (non-hydrogen) atoms. The van der Waals surface area contributed by atoms with E-state index in [0.717, 1.165) is 37.7 Å². The van der Waals surface area contributed by atoms with E-state index in [9.17, 15) is 0 Å². The smallest absolute Gasteiger partial charge is 0.118 e. The SMILES string of the molecule is COc1ccc(CCN2CCC[C@@H](CN(C)Cc3cccnc3)C2)cc1. The van der Waals surface area contributed by atoms with E-state index < -0.39 is 0 Å². The summed E-state index contributed by atoms with van der Waals surface area (Å²) in [5.74, 6) is 1.70. The molecule has 0 spiro atoms. The summed E-state index contributed by atoms with van der Waals surface area (Å²) in [5.41, 5.74) is 2.68. The van der Waals surface area contributed by atoms with Crippen LogP contribution in [0.2, 0.25) is 0 Å². The third kappa shape index (κ3) is 5.82. The molecule has 1 aliphatic rings. The van der Waals surface area contributed by atoms with Gasteiger partial charge >= 0.3 is 0 Å². The zero-order valence-corrected chi connectivity index (χ0v) is 16.1. The second kappa shape index (κ2) is 9.70. The van der Waals surface area contributed by atoms with Crippen LogP contribution in [0.25, 0.3) is 0 Å². The number of likely N-dealkylation sites (tertiary alicyclic amines) is 1. The first kappa shape index (κ1) is 18.9. The van der Waals surface area contributed by atoms with E-state index in [2.05, 4.69) is 52.2 Å². The molecule has 1 fully saturated rings. The second-order valence-corrected chi connectivity index (χ2v) is 7.46. The van der Waals surface area contributed by atoms with Gasteiger partial charge < -0.3 is 14.5 Å². The number of hydrogen-bond acceptors (Lipinski definition) is 4. The lowest BCUT2D eigenvalue weighted by Gasteiger charge is -2.34. The molecule has 0 radical (unpaired) electrons. The first-order valence-electron chi connectivity index (χ1n) is 9.65. The van der Waals surface area contributed by atoms with Gasteiger partial charge in [0.15, 0.2) is 0 Å². The van der Waals surface area contributed by atoms with Crippen LogP contribution < -0.4 is 4.74 Å². The number of hydrogen-bond donors (Lipinski definition) is 0. The molecular formula is C22H31N3O. The number of piperidine rings is 1. The molecule has 1 aliphatic heterocycles. The number of nitrogens with zero attached hydrogens (tertiary/aromatic N) is 3. The van der Waals surface area contributed by atoms with Crippen LogP contribution in [0.15, 0.2) is 48.8 Å². The molecular weight excluding hydrogens is 322 g/mol. The van der Waals surface area contributed by atoms with E-state index >= 15 is 0 Å². The van der Waals surface area contributed by atoms with Gasteiger partial charge in [0.25, 0.3) is 0 Å². The van der Waals surface area contributed by atoms with Crippen LogP contribution in [-0.4, -0.2) is 55.1 Å². The molecule has 0 aliphatic carbocycles. The molecule has 2 heterocycles. The molecule has 4 heteroatoms. The normalized spacial score (nSPS) is 18.2. The van der Waals surface area contributed by atoms with Gasteiger partial charge in [-0.05, 0) is 68.1 Å². The Bertz CT molecular complexity index is 644. The summed E-state index contributed by atoms with van der Waals surface area (Å²) in [6, 6.07) is 12.7. The monoisotopic (exact) mass is 353 g/mol. The molecule has 0 unspecified atom stereocenters. The van der Waals surface area contributed by atoms with Crippen molar-refractivity contribution in [1.82, 2.24) is 14.8 Å². The Labute approximate surface area is 157 Å². The number of benzene rings is 1. The van der Waals surface area contributed by atoms with E-state index in [0.29, 0.717) is 0 Å². The first-order valence-corrected chi connectivity index (χ1v) is 9.65. The van der Waals surface area contributed by atoms with E-state index in [1.807, 2.05) is 18.5 Å². The minimum absolute atomic E-state index is 0.765. The van der Waals surface area contributed by atoms with E-state index in [4.69, 9.17) is 4.74 Å². The van der Waals surface area contributed by atoms with Crippen LogP contribution in [0.4, 0.5) is 0 Å². The van der Waals surface area contributed by atoms with Crippen LogP contribution in [-0.2, 0) is 13.0 Å². The van der Waals surface area contributed by atoms with Crippen molar-refractivity contribution in [2.75, 3.05) is 40.3 Å². The summed E-state index contributed by atoms with van der Waals surface area (Å²) in [4.78, 5) is 9.29. The van der Waals surface area contributed by atoms with Gasteiger partial charge in [-0.2, -0.15) is 0 Å². The van der Waals surface area contributed by atoms with Crippen LogP contribution >= 0.6 is 0 Å². The fourth-order valence-electron chi connectivity index (χ4n) is 3.89. The van der Waals surface area contributed by atoms with Gasteiger partial charge in [0.2, 0.25) is 0 Å². The van der Waals surface area contributed by atoms with Crippen molar-refractivity contribution >= 4 is 0 Å². The number of methoxy groups -OCH3 is 1. The zero-order valence-electron chi connectivity index (χ0n) is 16.1. The lowest BCUT2D eigenvalue weighted by Crippen LogP contribution is -2.40. The molecule has 0 bridgehead atoms. The van der Waals surface area contributed by atoms with Crippen LogP contribution in [0.3, 0.4) is 0 Å². The molecule has 1 aromatic carbocycles. The molecule has 2 aromatic rings. The fraction of sp³-hybridized carbons (Fsp3) is 0.500. The standard InChI is InChI=1S/C22H31N3O/c1-24(16-20-5-3-12-23-15-20)17-21-6-4-13-25(18-21)14-11-19-7-9-22(26-2)10-8-19/h3,5,7-10,12,15,21H,4,6,11,13-14,16-18H2,1-2H3/t21-/m0/s1. The molecule has 1 atom stereocenters. The van der Waals surface area contributed by atoms with Crippen molar-refractivity contribution in [3.63, 3.8) is 0 Å². The van der Waals surface area contributed by atoms with E-state index in [1.54, 1.807) is 7.11 Å². The summed E-state index contributed by atoms with van der Waals surface area (Å²) >= 11 is 0. The maximum Gasteiger partial charge on any atom is 0.118 e. The summed E-state index contributed by atoms with van der Waals surface area (Å²) in [7, 11) is 3.94. The number of rotatable bonds is 8. The summed E-state index contributed by atoms with van der Waals surface area (Å²) < 4.78 is 5.24. The highest BCUT2D eigenvalue weighted by Gasteiger charge is 2.21. The third-order valence-corrected chi connectivity index (χ3v) is 5.22. The Morgan fingerprint density at radius 3 is 2.77 bits per heavy atom. The summed E-state index contributed by atoms with van der Waals surface area (Å²) in [5, 5.41) is 0. The summed E-state index contributed by atoms with van der Waals surface area (Å²) in [6.07, 6.45) is 7.58. The zero-order chi connectivity index (χ0) is 18.2. The molecule has 0 amide bonds. The molecule has 3 rings (SSSR count). The Morgan fingerprint density at radius 2 is 2.04 bits per heavy atom. The quantitative estimate of drug-likeness (QED) is 0.726. The maximum atomic E-state index is 5.24. The molecule has 4 nitrogen and oxygen atoms in total. The van der Waals surface area contributed by atoms with Crippen LogP contribution in [0, 0.1) is 5.92 Å². The Hall–Kier alpha value is -1.91. The second-order valence-electron chi connectivity index (χ2n) is 7.46. The average Bonchev–Trinajstić information content (AvgIpc) is 2.68. The van der Waals surface area contributed by atoms with E-state index in [-0.39, 0.29) is 0 Å². The predicted molar refractivity (Wildman–Crippen MR) is 106 cm³/mol. The van der Waals surface area contributed by atoms with Gasteiger partial charge in [-0.1, -0.05) is 18.2 Å². The van der Waals surface area contributed by atoms with Crippen molar-refractivity contribution in [3.05, 3.63) is 59.9 Å². The minimum Gasteiger partial charge on any atom is -0.497 e. The van der Waals surface area contributed by atoms with Crippen molar-refractivity contribution in [2.45, 2.75) is 25.8 Å². The highest BCUT2D eigenvalue weighted by Crippen LogP contribution is 2.19. The molecule has 0 N–H and O–H groups in total. The lowest BCUT2D eigenvalue weighted by molar-refractivity contribution is 0.142. The predicted octanol–water partition coefficient (Wildman–Crippen LogP) is 3.48. The number of aromatic nitrogens is 1. The largest absolute Gasteiger partial charge is 0.497 e. The van der Waals surface area contributed by atoms with E-state index in [1.165, 1.54) is 37.1 Å².